The predicted molar refractivity (Wildman–Crippen MR) is 82.8 cm³/mol. The number of aliphatic hydroxyl groups is 1. The van der Waals surface area contributed by atoms with E-state index >= 15 is 0 Å². The van der Waals surface area contributed by atoms with Crippen LogP contribution in [-0.4, -0.2) is 39.6 Å². The van der Waals surface area contributed by atoms with E-state index in [1.54, 1.807) is 0 Å². The second kappa shape index (κ2) is 4.29. The molecule has 0 spiro atoms. The maximum absolute atomic E-state index is 13.4. The Morgan fingerprint density at radius 3 is 2.70 bits per heavy atom. The first-order valence-electron chi connectivity index (χ1n) is 10.6. The summed E-state index contributed by atoms with van der Waals surface area (Å²) >= 11 is 0. The lowest BCUT2D eigenvalue weighted by atomic mass is 9.46. The molecule has 5 aliphatic carbocycles. The summed E-state index contributed by atoms with van der Waals surface area (Å²) in [5, 5.41) is 20.5. The third kappa shape index (κ3) is 1.88. The molecule has 0 aromatic rings. The molecule has 0 aromatic carbocycles. The van der Waals surface area contributed by atoms with Crippen LogP contribution in [-0.2, 0) is 4.79 Å². The molecular weight excluding hydrogens is 290 g/mol. The van der Waals surface area contributed by atoms with E-state index in [1.807, 2.05) is 6.07 Å². The van der Waals surface area contributed by atoms with Gasteiger partial charge in [0.2, 0.25) is 5.91 Å². The van der Waals surface area contributed by atoms with E-state index in [0.29, 0.717) is 18.3 Å². The third-order valence-electron chi connectivity index (χ3n) is 6.79. The lowest BCUT2D eigenvalue weighted by Gasteiger charge is -2.61. The highest BCUT2D eigenvalue weighted by Crippen LogP contribution is 2.63. The van der Waals surface area contributed by atoms with E-state index in [-0.39, 0.29) is 6.42 Å². The fourth-order valence-electron chi connectivity index (χ4n) is 6.28. The van der Waals surface area contributed by atoms with Gasteiger partial charge < -0.3 is 15.7 Å². The number of nitriles is 1. The van der Waals surface area contributed by atoms with Gasteiger partial charge in [-0.25, -0.2) is 0 Å². The molecule has 5 nitrogen and oxygen atoms in total. The smallest absolute Gasteiger partial charge is 0.241 e. The molecule has 5 heteroatoms. The minimum atomic E-state index is -2.27. The minimum absolute atomic E-state index is 0.105. The molecule has 0 radical (unpaired) electrons. The maximum Gasteiger partial charge on any atom is 0.241 e. The van der Waals surface area contributed by atoms with Gasteiger partial charge in [-0.05, 0) is 74.5 Å². The van der Waals surface area contributed by atoms with Crippen LogP contribution in [0.4, 0.5) is 0 Å². The Morgan fingerprint density at radius 1 is 1.39 bits per heavy atom. The number of hydrogen-bond donors (Lipinski definition) is 2. The van der Waals surface area contributed by atoms with Gasteiger partial charge in [0.25, 0.3) is 0 Å². The summed E-state index contributed by atoms with van der Waals surface area (Å²) in [4.78, 5) is 14.4. The predicted octanol–water partition coefficient (Wildman–Crippen LogP) is 1.16. The second-order valence-electron chi connectivity index (χ2n) is 8.51. The number of piperidine rings is 1. The topological polar surface area (TPSA) is 90.4 Å². The van der Waals surface area contributed by atoms with E-state index in [9.17, 15) is 15.2 Å². The molecule has 6 aliphatic rings. The molecule has 1 heterocycles. The standard InChI is InChI=1S/C18H25N3O2/c19-8-13-2-12-3-14(12)21(13)16(22)15(20)17-4-10-1-11(5-17)7-18(23,6-10)9-17/h10-15,23H,1-7,9,20H2/t10?,11?,12-,13+,14+,15-,17?,18?/m1/s1/i2D2,12D,14D. The van der Waals surface area contributed by atoms with Crippen molar-refractivity contribution in [3.63, 3.8) is 0 Å². The number of rotatable bonds is 2. The lowest BCUT2D eigenvalue weighted by molar-refractivity contribution is -0.177. The Morgan fingerprint density at radius 2 is 2.09 bits per heavy atom. The zero-order valence-electron chi connectivity index (χ0n) is 17.1. The molecule has 124 valence electrons. The largest absolute Gasteiger partial charge is 0.390 e. The van der Waals surface area contributed by atoms with Crippen LogP contribution in [0.25, 0.3) is 0 Å². The SMILES string of the molecule is [2H]C1([2H])[C@@H](C#N)N(C(=O)[C@@H](N)C23CC4CC(CC(O)(C4)C2)C3)[C@@]2([2H])C[C@@]12[2H]. The van der Waals surface area contributed by atoms with Crippen LogP contribution in [0.3, 0.4) is 0 Å². The zero-order valence-corrected chi connectivity index (χ0v) is 13.1. The Balaban J connectivity index is 1.49. The number of hydrogen-bond acceptors (Lipinski definition) is 4. The maximum atomic E-state index is 13.4. The number of carbonyl (C=O) groups excluding carboxylic acids is 1. The summed E-state index contributed by atoms with van der Waals surface area (Å²) < 4.78 is 33.2. The van der Waals surface area contributed by atoms with Crippen LogP contribution in [0.15, 0.2) is 0 Å². The Kier molecular flexibility index (Phi) is 1.99. The van der Waals surface area contributed by atoms with Gasteiger partial charge in [0, 0.05) is 10.1 Å². The molecule has 1 aliphatic heterocycles. The lowest BCUT2D eigenvalue weighted by Crippen LogP contribution is -2.64. The van der Waals surface area contributed by atoms with Gasteiger partial charge in [-0.2, -0.15) is 5.26 Å². The van der Waals surface area contributed by atoms with E-state index in [4.69, 9.17) is 11.2 Å². The van der Waals surface area contributed by atoms with Crippen LogP contribution in [0.5, 0.6) is 0 Å². The normalized spacial score (nSPS) is 64.9. The quantitative estimate of drug-likeness (QED) is 0.799. The first-order chi connectivity index (χ1) is 12.4. The van der Waals surface area contributed by atoms with Crippen molar-refractivity contribution in [1.29, 1.82) is 5.26 Å². The summed E-state index contributed by atoms with van der Waals surface area (Å²) in [6.45, 7) is 0. The van der Waals surface area contributed by atoms with Crippen molar-refractivity contribution in [3.05, 3.63) is 0 Å². The molecule has 4 bridgehead atoms. The molecule has 6 fully saturated rings. The summed E-state index contributed by atoms with van der Waals surface area (Å²) in [7, 11) is 0. The van der Waals surface area contributed by atoms with Crippen molar-refractivity contribution in [2.45, 2.75) is 75.0 Å². The fraction of sp³-hybridized carbons (Fsp3) is 0.889. The van der Waals surface area contributed by atoms with Crippen LogP contribution in [0.2, 0.25) is 0 Å². The molecule has 2 unspecified atom stereocenters. The van der Waals surface area contributed by atoms with E-state index in [1.165, 1.54) is 0 Å². The summed E-state index contributed by atoms with van der Waals surface area (Å²) in [5.74, 6) is -1.70. The average Bonchev–Trinajstić information content (AvgIpc) is 3.08. The van der Waals surface area contributed by atoms with Gasteiger partial charge in [0.05, 0.1) is 19.1 Å². The number of fused-ring (bicyclic) bond motifs is 1. The molecule has 6 atom stereocenters. The Bertz CT molecular complexity index is 771. The van der Waals surface area contributed by atoms with Crippen LogP contribution < -0.4 is 5.73 Å². The van der Waals surface area contributed by atoms with Crippen LogP contribution in [0.1, 0.15) is 56.8 Å². The summed E-state index contributed by atoms with van der Waals surface area (Å²) in [6.07, 6.45) is 2.14. The van der Waals surface area contributed by atoms with Gasteiger partial charge in [0.15, 0.2) is 0 Å². The second-order valence-corrected chi connectivity index (χ2v) is 8.51. The number of likely N-dealkylation sites (tertiary alicyclic amines) is 1. The van der Waals surface area contributed by atoms with Gasteiger partial charge in [-0.1, -0.05) is 0 Å². The molecule has 3 N–H and O–H groups in total. The number of nitrogens with two attached hydrogens (primary N) is 1. The molecule has 6 rings (SSSR count). The number of carbonyl (C=O) groups is 1. The van der Waals surface area contributed by atoms with Crippen molar-refractivity contribution in [3.8, 4) is 6.07 Å². The molecule has 5 saturated carbocycles. The molecular formula is C18H25N3O2. The van der Waals surface area contributed by atoms with Gasteiger partial charge in [0.1, 0.15) is 6.04 Å². The average molecular weight is 319 g/mol. The van der Waals surface area contributed by atoms with Gasteiger partial charge in [-0.3, -0.25) is 4.79 Å². The first-order valence-corrected chi connectivity index (χ1v) is 8.62. The fourth-order valence-corrected chi connectivity index (χ4v) is 6.28. The van der Waals surface area contributed by atoms with Gasteiger partial charge >= 0.3 is 0 Å². The Labute approximate surface area is 142 Å². The third-order valence-corrected chi connectivity index (χ3v) is 6.79. The van der Waals surface area contributed by atoms with E-state index < -0.39 is 47.3 Å². The zero-order chi connectivity index (χ0) is 19.6. The minimum Gasteiger partial charge on any atom is -0.390 e. The van der Waals surface area contributed by atoms with Crippen molar-refractivity contribution >= 4 is 5.91 Å². The van der Waals surface area contributed by atoms with Crippen molar-refractivity contribution < 1.29 is 15.4 Å². The Hall–Kier alpha value is -1.12. The molecule has 23 heavy (non-hydrogen) atoms. The van der Waals surface area contributed by atoms with Crippen molar-refractivity contribution in [1.82, 2.24) is 4.90 Å². The first kappa shape index (κ1) is 10.7. The molecule has 1 saturated heterocycles. The van der Waals surface area contributed by atoms with Crippen LogP contribution >= 0.6 is 0 Å². The summed E-state index contributed by atoms with van der Waals surface area (Å²) in [6, 6.07) is -2.37. The number of nitrogens with zero attached hydrogens (tertiary/aromatic N) is 2. The summed E-state index contributed by atoms with van der Waals surface area (Å²) in [5.41, 5.74) is 5.13. The number of amides is 1. The highest BCUT2D eigenvalue weighted by molar-refractivity contribution is 5.84. The van der Waals surface area contributed by atoms with Gasteiger partial charge in [-0.15, -0.1) is 0 Å². The molecule has 0 aromatic heterocycles. The highest BCUT2D eigenvalue weighted by atomic mass is 16.3. The van der Waals surface area contributed by atoms with Crippen LogP contribution in [0, 0.1) is 34.5 Å². The van der Waals surface area contributed by atoms with Crippen molar-refractivity contribution in [2.75, 3.05) is 0 Å². The van der Waals surface area contributed by atoms with E-state index in [0.717, 1.165) is 37.0 Å². The van der Waals surface area contributed by atoms with Crippen molar-refractivity contribution in [2.24, 2.45) is 28.9 Å². The van der Waals surface area contributed by atoms with E-state index in [2.05, 4.69) is 0 Å². The molecule has 1 amide bonds. The monoisotopic (exact) mass is 319 g/mol. The highest BCUT2D eigenvalue weighted by Gasteiger charge is 2.62.